The van der Waals surface area contributed by atoms with Crippen LogP contribution in [-0.2, 0) is 14.6 Å². The monoisotopic (exact) mass is 443 g/mol. The average Bonchev–Trinajstić information content (AvgIpc) is 2.62. The van der Waals surface area contributed by atoms with Crippen LogP contribution >= 0.6 is 11.6 Å². The molecule has 0 saturated carbocycles. The second-order valence-corrected chi connectivity index (χ2v) is 9.06. The minimum Gasteiger partial charge on any atom is -0.373 e. The summed E-state index contributed by atoms with van der Waals surface area (Å²) in [5, 5.41) is 14.4. The molecule has 1 aromatic rings. The van der Waals surface area contributed by atoms with Crippen LogP contribution in [0.3, 0.4) is 0 Å². The number of carbonyl (C=O) groups excluding carboxylic acids is 1. The van der Waals surface area contributed by atoms with Gasteiger partial charge in [-0.05, 0) is 19.1 Å². The van der Waals surface area contributed by atoms with Gasteiger partial charge in [0.25, 0.3) is 5.91 Å². The molecular formula is C16H21ClF3N3O4S. The van der Waals surface area contributed by atoms with Crippen molar-refractivity contribution >= 4 is 38.7 Å². The summed E-state index contributed by atoms with van der Waals surface area (Å²) in [5.41, 5.74) is -3.74. The molecule has 0 aliphatic carbocycles. The van der Waals surface area contributed by atoms with E-state index in [1.54, 1.807) is 4.90 Å². The van der Waals surface area contributed by atoms with Crippen LogP contribution in [0, 0.1) is 0 Å². The van der Waals surface area contributed by atoms with Crippen molar-refractivity contribution in [2.45, 2.75) is 30.5 Å². The second-order valence-electron chi connectivity index (χ2n) is 6.44. The largest absolute Gasteiger partial charge is 0.426 e. The molecule has 0 radical (unpaired) electrons. The Balaban J connectivity index is 2.52. The molecule has 1 aliphatic heterocycles. The minimum atomic E-state index is -5.20. The number of hydrogen-bond acceptors (Lipinski definition) is 6. The molecule has 0 bridgehead atoms. The standard InChI is InChI=1S/C16H21ClF3N3O4S/c1-3-28(26,27)11-5-4-10(22-14(24)15(2,25)16(18,19)20)12(17)13(11)23-8-6-21-7-9-23/h4-5,21,25H,3,6-9H2,1-2H3,(H,22,24)/t15-/m1/s1. The number of amides is 1. The number of rotatable bonds is 5. The van der Waals surface area contributed by atoms with Crippen LogP contribution in [0.5, 0.6) is 0 Å². The second kappa shape index (κ2) is 8.05. The van der Waals surface area contributed by atoms with E-state index in [0.717, 1.165) is 6.07 Å². The fourth-order valence-corrected chi connectivity index (χ4v) is 4.11. The quantitative estimate of drug-likeness (QED) is 0.642. The number of benzene rings is 1. The molecule has 12 heteroatoms. The van der Waals surface area contributed by atoms with Gasteiger partial charge in [0.15, 0.2) is 9.84 Å². The number of piperazine rings is 1. The van der Waals surface area contributed by atoms with Crippen molar-refractivity contribution in [2.75, 3.05) is 42.1 Å². The number of hydrogen-bond donors (Lipinski definition) is 3. The number of carbonyl (C=O) groups is 1. The summed E-state index contributed by atoms with van der Waals surface area (Å²) in [7, 11) is -3.69. The Hall–Kier alpha value is -1.56. The number of alkyl halides is 3. The topological polar surface area (TPSA) is 98.7 Å². The van der Waals surface area contributed by atoms with Gasteiger partial charge >= 0.3 is 6.18 Å². The SMILES string of the molecule is CCS(=O)(=O)c1ccc(NC(=O)[C@@](C)(O)C(F)(F)F)c(Cl)c1N1CCNCC1. The third-order valence-corrected chi connectivity index (χ3v) is 6.61. The number of nitrogens with one attached hydrogen (secondary N) is 2. The summed E-state index contributed by atoms with van der Waals surface area (Å²) in [6, 6.07) is 2.31. The van der Waals surface area contributed by atoms with Crippen LogP contribution in [-0.4, -0.2) is 63.1 Å². The molecule has 1 fully saturated rings. The molecule has 1 amide bonds. The molecular weight excluding hydrogens is 423 g/mol. The normalized spacial score (nSPS) is 17.9. The summed E-state index contributed by atoms with van der Waals surface area (Å²) in [5.74, 6) is -1.92. The molecule has 3 N–H and O–H groups in total. The highest BCUT2D eigenvalue weighted by Gasteiger charge is 2.55. The van der Waals surface area contributed by atoms with E-state index in [2.05, 4.69) is 5.32 Å². The lowest BCUT2D eigenvalue weighted by Crippen LogP contribution is -2.52. The first kappa shape index (κ1) is 22.7. The maximum Gasteiger partial charge on any atom is 0.426 e. The van der Waals surface area contributed by atoms with E-state index in [1.807, 2.05) is 5.32 Å². The number of nitrogens with zero attached hydrogens (tertiary/aromatic N) is 1. The predicted octanol–water partition coefficient (Wildman–Crippen LogP) is 1.79. The summed E-state index contributed by atoms with van der Waals surface area (Å²) >= 11 is 6.31. The van der Waals surface area contributed by atoms with Crippen molar-refractivity contribution in [1.29, 1.82) is 0 Å². The molecule has 0 spiro atoms. The molecule has 1 aliphatic rings. The molecule has 1 saturated heterocycles. The molecule has 1 atom stereocenters. The molecule has 7 nitrogen and oxygen atoms in total. The van der Waals surface area contributed by atoms with Crippen LogP contribution < -0.4 is 15.5 Å². The zero-order valence-electron chi connectivity index (χ0n) is 15.2. The molecule has 1 aromatic carbocycles. The van der Waals surface area contributed by atoms with Crippen molar-refractivity contribution in [3.05, 3.63) is 17.2 Å². The van der Waals surface area contributed by atoms with E-state index in [4.69, 9.17) is 11.6 Å². The van der Waals surface area contributed by atoms with E-state index in [0.29, 0.717) is 33.1 Å². The summed E-state index contributed by atoms with van der Waals surface area (Å²) in [6.07, 6.45) is -5.20. The first-order valence-corrected chi connectivity index (χ1v) is 10.5. The maximum atomic E-state index is 12.9. The zero-order chi connectivity index (χ0) is 21.3. The highest BCUT2D eigenvalue weighted by Crippen LogP contribution is 2.40. The first-order valence-electron chi connectivity index (χ1n) is 8.44. The Morgan fingerprint density at radius 3 is 2.39 bits per heavy atom. The fraction of sp³-hybridized carbons (Fsp3) is 0.562. The highest BCUT2D eigenvalue weighted by atomic mass is 35.5. The van der Waals surface area contributed by atoms with Gasteiger partial charge in [-0.25, -0.2) is 8.42 Å². The third kappa shape index (κ3) is 4.37. The van der Waals surface area contributed by atoms with Gasteiger partial charge in [-0.3, -0.25) is 4.79 Å². The van der Waals surface area contributed by atoms with Gasteiger partial charge < -0.3 is 20.6 Å². The Labute approximate surface area is 165 Å². The fourth-order valence-electron chi connectivity index (χ4n) is 2.61. The van der Waals surface area contributed by atoms with E-state index < -0.39 is 27.5 Å². The molecule has 2 rings (SSSR count). The summed E-state index contributed by atoms with van der Waals surface area (Å²) in [4.78, 5) is 13.6. The van der Waals surface area contributed by atoms with Gasteiger partial charge in [-0.15, -0.1) is 0 Å². The number of aliphatic hydroxyl groups is 1. The Morgan fingerprint density at radius 1 is 1.32 bits per heavy atom. The van der Waals surface area contributed by atoms with E-state index >= 15 is 0 Å². The highest BCUT2D eigenvalue weighted by molar-refractivity contribution is 7.91. The summed E-state index contributed by atoms with van der Waals surface area (Å²) < 4.78 is 63.6. The lowest BCUT2D eigenvalue weighted by Gasteiger charge is -2.32. The van der Waals surface area contributed by atoms with Gasteiger partial charge in [0, 0.05) is 26.2 Å². The molecule has 158 valence electrons. The predicted molar refractivity (Wildman–Crippen MR) is 99.6 cm³/mol. The van der Waals surface area contributed by atoms with Crippen LogP contribution in [0.4, 0.5) is 24.5 Å². The van der Waals surface area contributed by atoms with E-state index in [1.165, 1.54) is 13.0 Å². The van der Waals surface area contributed by atoms with Gasteiger partial charge in [0.05, 0.1) is 27.0 Å². The maximum absolute atomic E-state index is 12.9. The van der Waals surface area contributed by atoms with Gasteiger partial charge in [0.2, 0.25) is 5.60 Å². The third-order valence-electron chi connectivity index (χ3n) is 4.47. The van der Waals surface area contributed by atoms with Crippen molar-refractivity contribution in [3.8, 4) is 0 Å². The average molecular weight is 444 g/mol. The van der Waals surface area contributed by atoms with Crippen LogP contribution in [0.25, 0.3) is 0 Å². The van der Waals surface area contributed by atoms with E-state index in [9.17, 15) is 31.5 Å². The smallest absolute Gasteiger partial charge is 0.373 e. The van der Waals surface area contributed by atoms with Crippen molar-refractivity contribution in [2.24, 2.45) is 0 Å². The van der Waals surface area contributed by atoms with Gasteiger partial charge in [0.1, 0.15) is 0 Å². The molecule has 0 unspecified atom stereocenters. The Kier molecular flexibility index (Phi) is 6.54. The van der Waals surface area contributed by atoms with Crippen LogP contribution in [0.2, 0.25) is 5.02 Å². The molecule has 1 heterocycles. The first-order chi connectivity index (χ1) is 12.8. The van der Waals surface area contributed by atoms with Crippen LogP contribution in [0.15, 0.2) is 17.0 Å². The lowest BCUT2D eigenvalue weighted by molar-refractivity contribution is -0.242. The minimum absolute atomic E-state index is 0.0671. The van der Waals surface area contributed by atoms with Gasteiger partial charge in [-0.2, -0.15) is 13.2 Å². The molecule has 28 heavy (non-hydrogen) atoms. The number of anilines is 2. The van der Waals surface area contributed by atoms with E-state index in [-0.39, 0.29) is 27.0 Å². The van der Waals surface area contributed by atoms with Crippen molar-refractivity contribution in [3.63, 3.8) is 0 Å². The van der Waals surface area contributed by atoms with Gasteiger partial charge in [-0.1, -0.05) is 18.5 Å². The van der Waals surface area contributed by atoms with Crippen molar-refractivity contribution in [1.82, 2.24) is 5.32 Å². The van der Waals surface area contributed by atoms with Crippen LogP contribution in [0.1, 0.15) is 13.8 Å². The Morgan fingerprint density at radius 2 is 1.89 bits per heavy atom. The number of halogens is 4. The molecule has 0 aromatic heterocycles. The number of sulfone groups is 1. The van der Waals surface area contributed by atoms with Crippen molar-refractivity contribution < 1.29 is 31.5 Å². The lowest BCUT2D eigenvalue weighted by atomic mass is 10.1. The summed E-state index contributed by atoms with van der Waals surface area (Å²) in [6.45, 7) is 3.74. The zero-order valence-corrected chi connectivity index (χ0v) is 16.8. The Bertz CT molecular complexity index is 853.